The van der Waals surface area contributed by atoms with Crippen LogP contribution >= 0.6 is 11.6 Å². The molecule has 0 radical (unpaired) electrons. The molecule has 1 unspecified atom stereocenters. The summed E-state index contributed by atoms with van der Waals surface area (Å²) in [6.45, 7) is 11.5. The Morgan fingerprint density at radius 1 is 1.12 bits per heavy atom. The van der Waals surface area contributed by atoms with Crippen LogP contribution in [-0.4, -0.2) is 62.7 Å². The number of piperazine rings is 1. The zero-order valence-corrected chi connectivity index (χ0v) is 20.2. The number of amides is 1. The zero-order valence-electron chi connectivity index (χ0n) is 19.5. The minimum absolute atomic E-state index is 0.0325. The SMILES string of the molecule is CCN1CCN(C2=CN3C(=O)C=C(c4cc(Cl)c5nc(C)cn5c4)C(C)CC=C3C=C2)CC1. The molecule has 1 amide bonds. The van der Waals surface area contributed by atoms with E-state index >= 15 is 0 Å². The summed E-state index contributed by atoms with van der Waals surface area (Å²) in [5.41, 5.74) is 5.63. The predicted molar refractivity (Wildman–Crippen MR) is 133 cm³/mol. The Bertz CT molecular complexity index is 1210. The molecular weight excluding hydrogens is 434 g/mol. The van der Waals surface area contributed by atoms with Crippen molar-refractivity contribution in [1.82, 2.24) is 24.1 Å². The van der Waals surface area contributed by atoms with Crippen molar-refractivity contribution in [2.45, 2.75) is 27.2 Å². The van der Waals surface area contributed by atoms with E-state index in [0.29, 0.717) is 5.02 Å². The van der Waals surface area contributed by atoms with E-state index < -0.39 is 0 Å². The molecule has 172 valence electrons. The molecule has 7 heteroatoms. The molecule has 1 saturated heterocycles. The fourth-order valence-corrected chi connectivity index (χ4v) is 5.10. The van der Waals surface area contributed by atoms with Crippen LogP contribution in [0.15, 0.2) is 60.4 Å². The van der Waals surface area contributed by atoms with Gasteiger partial charge in [-0.15, -0.1) is 0 Å². The van der Waals surface area contributed by atoms with Gasteiger partial charge < -0.3 is 14.2 Å². The lowest BCUT2D eigenvalue weighted by molar-refractivity contribution is -0.122. The second kappa shape index (κ2) is 8.84. The third-order valence-corrected chi connectivity index (χ3v) is 7.12. The van der Waals surface area contributed by atoms with Gasteiger partial charge in [0.05, 0.1) is 16.4 Å². The highest BCUT2D eigenvalue weighted by atomic mass is 35.5. The zero-order chi connectivity index (χ0) is 23.1. The molecular formula is C26H30ClN5O. The van der Waals surface area contributed by atoms with Gasteiger partial charge in [-0.25, -0.2) is 4.98 Å². The van der Waals surface area contributed by atoms with Gasteiger partial charge in [0.25, 0.3) is 5.91 Å². The van der Waals surface area contributed by atoms with Crippen molar-refractivity contribution in [2.75, 3.05) is 32.7 Å². The van der Waals surface area contributed by atoms with Crippen LogP contribution in [0.3, 0.4) is 0 Å². The summed E-state index contributed by atoms with van der Waals surface area (Å²) in [6.07, 6.45) is 15.0. The number of likely N-dealkylation sites (N-methyl/N-ethyl adjacent to an activating group) is 1. The Kier molecular flexibility index (Phi) is 5.89. The molecule has 33 heavy (non-hydrogen) atoms. The molecule has 0 saturated carbocycles. The monoisotopic (exact) mass is 463 g/mol. The van der Waals surface area contributed by atoms with Crippen LogP contribution in [-0.2, 0) is 4.79 Å². The number of hydrogen-bond donors (Lipinski definition) is 0. The normalized spacial score (nSPS) is 22.0. The first-order valence-corrected chi connectivity index (χ1v) is 12.1. The van der Waals surface area contributed by atoms with Gasteiger partial charge >= 0.3 is 0 Å². The Morgan fingerprint density at radius 2 is 1.88 bits per heavy atom. The second-order valence-electron chi connectivity index (χ2n) is 9.07. The maximum absolute atomic E-state index is 13.5. The summed E-state index contributed by atoms with van der Waals surface area (Å²) in [5, 5.41) is 0.591. The topological polar surface area (TPSA) is 44.1 Å². The lowest BCUT2D eigenvalue weighted by Crippen LogP contribution is -2.46. The Balaban J connectivity index is 1.46. The second-order valence-corrected chi connectivity index (χ2v) is 9.48. The largest absolute Gasteiger partial charge is 0.368 e. The van der Waals surface area contributed by atoms with E-state index in [9.17, 15) is 4.79 Å². The first kappa shape index (κ1) is 22.0. The van der Waals surface area contributed by atoms with Crippen LogP contribution in [0, 0.1) is 12.8 Å². The Hall–Kier alpha value is -2.83. The van der Waals surface area contributed by atoms with Gasteiger partial charge in [-0.2, -0.15) is 0 Å². The summed E-state index contributed by atoms with van der Waals surface area (Å²) >= 11 is 6.54. The Labute approximate surface area is 200 Å². The molecule has 1 fully saturated rings. The number of carbonyl (C=O) groups excluding carboxylic acids is 1. The highest BCUT2D eigenvalue weighted by Crippen LogP contribution is 2.33. The maximum Gasteiger partial charge on any atom is 0.255 e. The lowest BCUT2D eigenvalue weighted by atomic mass is 9.90. The van der Waals surface area contributed by atoms with Crippen molar-refractivity contribution >= 4 is 28.7 Å². The van der Waals surface area contributed by atoms with Crippen LogP contribution in [0.2, 0.25) is 5.02 Å². The minimum Gasteiger partial charge on any atom is -0.368 e. The van der Waals surface area contributed by atoms with E-state index in [1.807, 2.05) is 36.0 Å². The molecule has 1 atom stereocenters. The summed E-state index contributed by atoms with van der Waals surface area (Å²) in [6, 6.07) is 1.93. The number of carbonyl (C=O) groups is 1. The van der Waals surface area contributed by atoms with Crippen molar-refractivity contribution in [1.29, 1.82) is 0 Å². The molecule has 0 N–H and O–H groups in total. The van der Waals surface area contributed by atoms with Gasteiger partial charge in [0.2, 0.25) is 0 Å². The predicted octanol–water partition coefficient (Wildman–Crippen LogP) is 4.48. The number of nitrogens with zero attached hydrogens (tertiary/aromatic N) is 5. The number of imidazole rings is 1. The molecule has 2 aromatic rings. The fraction of sp³-hybridized carbons (Fsp3) is 0.385. The molecule has 3 aliphatic heterocycles. The summed E-state index contributed by atoms with van der Waals surface area (Å²) in [4.78, 5) is 24.6. The van der Waals surface area contributed by atoms with Crippen LogP contribution in [0.25, 0.3) is 11.2 Å². The molecule has 2 aromatic heterocycles. The van der Waals surface area contributed by atoms with Crippen LogP contribution in [0.5, 0.6) is 0 Å². The van der Waals surface area contributed by atoms with Gasteiger partial charge in [0.15, 0.2) is 5.65 Å². The Morgan fingerprint density at radius 3 is 2.64 bits per heavy atom. The third-order valence-electron chi connectivity index (χ3n) is 6.84. The number of pyridine rings is 1. The molecule has 3 aliphatic rings. The van der Waals surface area contributed by atoms with E-state index in [2.05, 4.69) is 46.9 Å². The molecule has 5 rings (SSSR count). The van der Waals surface area contributed by atoms with E-state index in [1.54, 1.807) is 11.0 Å². The summed E-state index contributed by atoms with van der Waals surface area (Å²) < 4.78 is 1.95. The van der Waals surface area contributed by atoms with E-state index in [0.717, 1.165) is 73.0 Å². The number of aryl methyl sites for hydroxylation is 1. The molecule has 0 bridgehead atoms. The van der Waals surface area contributed by atoms with Crippen molar-refractivity contribution in [3.63, 3.8) is 0 Å². The van der Waals surface area contributed by atoms with Crippen molar-refractivity contribution in [3.8, 4) is 0 Å². The van der Waals surface area contributed by atoms with Crippen LogP contribution < -0.4 is 0 Å². The third kappa shape index (κ3) is 4.25. The van der Waals surface area contributed by atoms with Gasteiger partial charge in [-0.05, 0) is 55.2 Å². The smallest absolute Gasteiger partial charge is 0.255 e. The van der Waals surface area contributed by atoms with E-state index in [1.165, 1.54) is 0 Å². The number of fused-ring (bicyclic) bond motifs is 2. The molecule has 0 spiro atoms. The highest BCUT2D eigenvalue weighted by Gasteiger charge is 2.25. The number of halogens is 1. The van der Waals surface area contributed by atoms with Gasteiger partial charge in [0, 0.05) is 56.5 Å². The van der Waals surface area contributed by atoms with Gasteiger partial charge in [0.1, 0.15) is 0 Å². The van der Waals surface area contributed by atoms with Crippen molar-refractivity contribution in [3.05, 3.63) is 76.6 Å². The average Bonchev–Trinajstić information content (AvgIpc) is 3.21. The first-order valence-electron chi connectivity index (χ1n) is 11.7. The van der Waals surface area contributed by atoms with Gasteiger partial charge in [-0.1, -0.05) is 31.5 Å². The fourth-order valence-electron chi connectivity index (χ4n) is 4.84. The summed E-state index contributed by atoms with van der Waals surface area (Å²) in [7, 11) is 0. The van der Waals surface area contributed by atoms with E-state index in [-0.39, 0.29) is 11.8 Å². The standard InChI is InChI=1S/C26H30ClN5O/c1-4-29-9-11-30(12-10-29)22-8-7-21-6-5-18(2)23(14-25(33)32(21)17-22)20-13-24(27)26-28-19(3)15-31(26)16-20/h6-8,13-18H,4-5,9-12H2,1-3H3. The van der Waals surface area contributed by atoms with Crippen LogP contribution in [0.4, 0.5) is 0 Å². The van der Waals surface area contributed by atoms with Gasteiger partial charge in [-0.3, -0.25) is 9.69 Å². The summed E-state index contributed by atoms with van der Waals surface area (Å²) in [5.74, 6) is 0.150. The molecule has 5 heterocycles. The number of aromatic nitrogens is 2. The lowest BCUT2D eigenvalue weighted by Gasteiger charge is -2.38. The van der Waals surface area contributed by atoms with E-state index in [4.69, 9.17) is 11.6 Å². The number of rotatable bonds is 3. The van der Waals surface area contributed by atoms with Crippen LogP contribution in [0.1, 0.15) is 31.5 Å². The molecule has 0 aliphatic carbocycles. The first-order chi connectivity index (χ1) is 15.9. The number of allylic oxidation sites excluding steroid dienone is 4. The highest BCUT2D eigenvalue weighted by molar-refractivity contribution is 6.33. The van der Waals surface area contributed by atoms with Crippen molar-refractivity contribution < 1.29 is 4.79 Å². The number of hydrogen-bond acceptors (Lipinski definition) is 4. The van der Waals surface area contributed by atoms with Crippen molar-refractivity contribution in [2.24, 2.45) is 5.92 Å². The quantitative estimate of drug-likeness (QED) is 0.673. The maximum atomic E-state index is 13.5. The molecule has 6 nitrogen and oxygen atoms in total. The average molecular weight is 464 g/mol. The molecule has 0 aromatic carbocycles. The minimum atomic E-state index is -0.0325.